The number of hydrogen-bond donors (Lipinski definition) is 0. The summed E-state index contributed by atoms with van der Waals surface area (Å²) in [5.41, 5.74) is 1.19. The van der Waals surface area contributed by atoms with E-state index in [1.54, 1.807) is 12.1 Å². The molecule has 3 nitrogen and oxygen atoms in total. The van der Waals surface area contributed by atoms with Gasteiger partial charge in [-0.2, -0.15) is 0 Å². The van der Waals surface area contributed by atoms with E-state index < -0.39 is 19.0 Å². The van der Waals surface area contributed by atoms with Crippen LogP contribution in [0.15, 0.2) is 84.9 Å². The summed E-state index contributed by atoms with van der Waals surface area (Å²) in [7, 11) is -3.18. The molecule has 0 aliphatic carbocycles. The highest BCUT2D eigenvalue weighted by atomic mass is 31.2. The summed E-state index contributed by atoms with van der Waals surface area (Å²) in [6.07, 6.45) is 0. The van der Waals surface area contributed by atoms with Gasteiger partial charge in [0.05, 0.1) is 5.56 Å². The molecule has 4 rings (SSSR count). The number of rotatable bonds is 3. The van der Waals surface area contributed by atoms with E-state index in [4.69, 9.17) is 4.74 Å². The average molecular weight is 334 g/mol. The third-order valence-corrected chi connectivity index (χ3v) is 7.45. The lowest BCUT2D eigenvalue weighted by molar-refractivity contribution is 0.0509. The van der Waals surface area contributed by atoms with Crippen LogP contribution in [0.25, 0.3) is 0 Å². The second-order valence-corrected chi connectivity index (χ2v) is 8.49. The molecular formula is C20H15O3P. The Hall–Kier alpha value is -2.64. The first-order valence-electron chi connectivity index (χ1n) is 7.72. The summed E-state index contributed by atoms with van der Waals surface area (Å²) in [6, 6.07) is 25.7. The van der Waals surface area contributed by atoms with Crippen LogP contribution in [0.5, 0.6) is 0 Å². The van der Waals surface area contributed by atoms with E-state index in [0.717, 1.165) is 0 Å². The van der Waals surface area contributed by atoms with Crippen LogP contribution in [0.2, 0.25) is 0 Å². The van der Waals surface area contributed by atoms with E-state index in [-0.39, 0.29) is 0 Å². The number of hydrogen-bond acceptors (Lipinski definition) is 3. The zero-order valence-corrected chi connectivity index (χ0v) is 13.7. The maximum Gasteiger partial charge on any atom is 0.339 e. The largest absolute Gasteiger partial charge is 0.445 e. The van der Waals surface area contributed by atoms with Crippen molar-refractivity contribution in [1.29, 1.82) is 0 Å². The van der Waals surface area contributed by atoms with Gasteiger partial charge in [-0.25, -0.2) is 4.79 Å². The maximum atomic E-state index is 14.2. The lowest BCUT2D eigenvalue weighted by Crippen LogP contribution is -2.21. The molecule has 3 aromatic rings. The molecule has 1 atom stereocenters. The lowest BCUT2D eigenvalue weighted by Gasteiger charge is -2.25. The van der Waals surface area contributed by atoms with Crippen LogP contribution >= 0.6 is 7.14 Å². The highest BCUT2D eigenvalue weighted by Gasteiger charge is 2.46. The number of cyclic esters (lactones) is 1. The van der Waals surface area contributed by atoms with Gasteiger partial charge in [-0.05, 0) is 6.07 Å². The van der Waals surface area contributed by atoms with Crippen LogP contribution in [0.3, 0.4) is 0 Å². The second kappa shape index (κ2) is 5.77. The van der Waals surface area contributed by atoms with Crippen LogP contribution in [0.1, 0.15) is 21.8 Å². The Morgan fingerprint density at radius 3 is 1.79 bits per heavy atom. The van der Waals surface area contributed by atoms with Crippen LogP contribution in [-0.2, 0) is 9.30 Å². The molecule has 0 bridgehead atoms. The van der Waals surface area contributed by atoms with Crippen molar-refractivity contribution >= 4 is 23.7 Å². The topological polar surface area (TPSA) is 43.4 Å². The maximum absolute atomic E-state index is 14.2. The number of ether oxygens (including phenoxy) is 1. The summed E-state index contributed by atoms with van der Waals surface area (Å²) in [4.78, 5) is 12.2. The van der Waals surface area contributed by atoms with Gasteiger partial charge in [0.15, 0.2) is 13.0 Å². The molecule has 0 saturated carbocycles. The Morgan fingerprint density at radius 2 is 1.21 bits per heavy atom. The molecule has 1 heterocycles. The normalized spacial score (nSPS) is 16.5. The molecule has 0 radical (unpaired) electrons. The van der Waals surface area contributed by atoms with Crippen LogP contribution in [-0.4, -0.2) is 5.97 Å². The predicted molar refractivity (Wildman–Crippen MR) is 94.4 cm³/mol. The molecule has 24 heavy (non-hydrogen) atoms. The monoisotopic (exact) mass is 334 g/mol. The SMILES string of the molecule is O=C1OC(P(=O)(c2ccccc2)c2ccccc2)c2ccccc21. The van der Waals surface area contributed by atoms with E-state index in [0.29, 0.717) is 21.7 Å². The van der Waals surface area contributed by atoms with Gasteiger partial charge in [-0.15, -0.1) is 0 Å². The molecule has 118 valence electrons. The first kappa shape index (κ1) is 14.9. The zero-order chi connectivity index (χ0) is 16.6. The second-order valence-electron chi connectivity index (χ2n) is 5.67. The minimum Gasteiger partial charge on any atom is -0.445 e. The summed E-state index contributed by atoms with van der Waals surface area (Å²) in [5.74, 6) is -1.20. The first-order valence-corrected chi connectivity index (χ1v) is 9.50. The number of fused-ring (bicyclic) bond motifs is 1. The zero-order valence-electron chi connectivity index (χ0n) is 12.8. The van der Waals surface area contributed by atoms with E-state index in [9.17, 15) is 9.36 Å². The first-order chi connectivity index (χ1) is 11.7. The van der Waals surface area contributed by atoms with Gasteiger partial charge in [0.1, 0.15) is 0 Å². The van der Waals surface area contributed by atoms with Crippen molar-refractivity contribution < 1.29 is 14.1 Å². The third-order valence-electron chi connectivity index (χ3n) is 4.28. The molecule has 1 unspecified atom stereocenters. The van der Waals surface area contributed by atoms with Gasteiger partial charge in [0.2, 0.25) is 0 Å². The Labute approximate surface area is 140 Å². The van der Waals surface area contributed by atoms with Gasteiger partial charge in [-0.1, -0.05) is 78.9 Å². The lowest BCUT2D eigenvalue weighted by atomic mass is 10.1. The molecule has 0 amide bonds. The average Bonchev–Trinajstić information content (AvgIpc) is 3.00. The highest BCUT2D eigenvalue weighted by molar-refractivity contribution is 7.78. The van der Waals surface area contributed by atoms with Crippen LogP contribution < -0.4 is 10.6 Å². The van der Waals surface area contributed by atoms with Crippen molar-refractivity contribution in [3.05, 3.63) is 96.1 Å². The van der Waals surface area contributed by atoms with Crippen molar-refractivity contribution in [2.75, 3.05) is 0 Å². The Morgan fingerprint density at radius 1 is 0.708 bits per heavy atom. The molecule has 4 heteroatoms. The van der Waals surface area contributed by atoms with Crippen LogP contribution in [0.4, 0.5) is 0 Å². The molecule has 0 spiro atoms. The number of benzene rings is 3. The molecule has 3 aromatic carbocycles. The van der Waals surface area contributed by atoms with Crippen LogP contribution in [0, 0.1) is 0 Å². The predicted octanol–water partition coefficient (Wildman–Crippen LogP) is 3.87. The van der Waals surface area contributed by atoms with Gasteiger partial charge in [0.25, 0.3) is 0 Å². The van der Waals surface area contributed by atoms with E-state index >= 15 is 0 Å². The Kier molecular flexibility index (Phi) is 3.59. The van der Waals surface area contributed by atoms with Gasteiger partial charge in [0, 0.05) is 16.2 Å². The fraction of sp³-hybridized carbons (Fsp3) is 0.0500. The van der Waals surface area contributed by atoms with E-state index in [2.05, 4.69) is 0 Å². The Balaban J connectivity index is 1.96. The summed E-state index contributed by atoms with van der Waals surface area (Å²) in [5, 5.41) is 1.37. The summed E-state index contributed by atoms with van der Waals surface area (Å²) in [6.45, 7) is 0. The summed E-state index contributed by atoms with van der Waals surface area (Å²) >= 11 is 0. The standard InChI is InChI=1S/C20H15O3P/c21-19-17-13-7-8-14-18(17)20(23-19)24(22,15-9-3-1-4-10-15)16-11-5-2-6-12-16/h1-14,20H. The number of esters is 1. The molecule has 0 saturated heterocycles. The van der Waals surface area contributed by atoms with Gasteiger partial charge < -0.3 is 9.30 Å². The number of carbonyl (C=O) groups excluding carboxylic acids is 1. The fourth-order valence-electron chi connectivity index (χ4n) is 3.12. The van der Waals surface area contributed by atoms with Gasteiger partial charge in [-0.3, -0.25) is 0 Å². The highest BCUT2D eigenvalue weighted by Crippen LogP contribution is 2.60. The van der Waals surface area contributed by atoms with Crippen molar-refractivity contribution in [3.63, 3.8) is 0 Å². The number of carbonyl (C=O) groups is 1. The molecule has 0 N–H and O–H groups in total. The summed E-state index contributed by atoms with van der Waals surface area (Å²) < 4.78 is 19.9. The molecule has 1 aliphatic rings. The molecule has 1 aliphatic heterocycles. The minimum atomic E-state index is -3.18. The Bertz CT molecular complexity index is 892. The van der Waals surface area contributed by atoms with Crippen molar-refractivity contribution in [3.8, 4) is 0 Å². The van der Waals surface area contributed by atoms with E-state index in [1.165, 1.54) is 0 Å². The van der Waals surface area contributed by atoms with Crippen molar-refractivity contribution in [2.45, 2.75) is 5.85 Å². The van der Waals surface area contributed by atoms with E-state index in [1.807, 2.05) is 72.8 Å². The minimum absolute atomic E-state index is 0.414. The van der Waals surface area contributed by atoms with Crippen molar-refractivity contribution in [1.82, 2.24) is 0 Å². The molecule has 0 aromatic heterocycles. The molecule has 0 fully saturated rings. The third kappa shape index (κ3) is 2.21. The quantitative estimate of drug-likeness (QED) is 0.539. The van der Waals surface area contributed by atoms with Gasteiger partial charge >= 0.3 is 5.97 Å². The van der Waals surface area contributed by atoms with Crippen molar-refractivity contribution in [2.24, 2.45) is 0 Å². The fourth-order valence-corrected chi connectivity index (χ4v) is 6.05. The smallest absolute Gasteiger partial charge is 0.339 e. The molecular weight excluding hydrogens is 319 g/mol.